The second-order valence-electron chi connectivity index (χ2n) is 7.13. The number of carbonyl (C=O) groups excluding carboxylic acids is 2. The first-order valence-electron chi connectivity index (χ1n) is 9.45. The minimum absolute atomic E-state index is 0.0686. The molecule has 3 aromatic carbocycles. The number of nitrogens with zero attached hydrogens (tertiary/aromatic N) is 1. The number of sulfonamides is 1. The fourth-order valence-electron chi connectivity index (χ4n) is 3.49. The lowest BCUT2D eigenvalue weighted by molar-refractivity contribution is -0.121. The lowest BCUT2D eigenvalue weighted by Crippen LogP contribution is -2.41. The third-order valence-electron chi connectivity index (χ3n) is 5.05. The molecule has 7 heteroatoms. The zero-order valence-electron chi connectivity index (χ0n) is 16.3. The number of hydrogen-bond donors (Lipinski definition) is 1. The van der Waals surface area contributed by atoms with Crippen LogP contribution in [0.2, 0.25) is 0 Å². The minimum Gasteiger partial charge on any atom is -0.344 e. The van der Waals surface area contributed by atoms with E-state index < -0.39 is 34.4 Å². The van der Waals surface area contributed by atoms with Crippen LogP contribution in [0.1, 0.15) is 33.1 Å². The van der Waals surface area contributed by atoms with Crippen molar-refractivity contribution in [3.05, 3.63) is 101 Å². The van der Waals surface area contributed by atoms with E-state index in [0.717, 1.165) is 16.7 Å². The molecule has 0 bridgehead atoms. The topological polar surface area (TPSA) is 83.6 Å². The Kier molecular flexibility index (Phi) is 5.13. The Morgan fingerprint density at radius 2 is 1.50 bits per heavy atom. The molecule has 6 nitrogen and oxygen atoms in total. The maximum atomic E-state index is 12.8. The van der Waals surface area contributed by atoms with Crippen LogP contribution in [-0.4, -0.2) is 31.1 Å². The summed E-state index contributed by atoms with van der Waals surface area (Å²) in [5.74, 6) is -1.25. The molecule has 1 heterocycles. The summed E-state index contributed by atoms with van der Waals surface area (Å²) >= 11 is 0. The molecule has 0 aromatic heterocycles. The first kappa shape index (κ1) is 19.8. The maximum Gasteiger partial charge on any atom is 0.269 e. The molecular formula is C23H20N2O4S. The quantitative estimate of drug-likeness (QED) is 0.688. The molecule has 152 valence electrons. The summed E-state index contributed by atoms with van der Waals surface area (Å²) in [6.45, 7) is 1.40. The highest BCUT2D eigenvalue weighted by atomic mass is 32.2. The molecule has 1 atom stereocenters. The molecule has 0 fully saturated rings. The van der Waals surface area contributed by atoms with Crippen LogP contribution < -0.4 is 5.32 Å². The van der Waals surface area contributed by atoms with Gasteiger partial charge in [-0.1, -0.05) is 72.3 Å². The smallest absolute Gasteiger partial charge is 0.269 e. The van der Waals surface area contributed by atoms with Crippen molar-refractivity contribution in [1.82, 2.24) is 9.62 Å². The number of nitrogens with one attached hydrogen (secondary N) is 1. The van der Waals surface area contributed by atoms with Gasteiger partial charge in [-0.05, 0) is 30.2 Å². The molecule has 0 saturated heterocycles. The lowest BCUT2D eigenvalue weighted by Gasteiger charge is -2.22. The van der Waals surface area contributed by atoms with E-state index in [2.05, 4.69) is 5.32 Å². The standard InChI is InChI=1S/C23H20N2O4S/c1-16-11-13-18(14-12-16)22(17-7-3-2-4-8-17)24-21(26)15-25-23(27)19-9-5-6-10-20(19)30(25,28)29/h2-14,22H,15H2,1H3,(H,24,26)/t22-/m0/s1. The van der Waals surface area contributed by atoms with Crippen LogP contribution in [0.3, 0.4) is 0 Å². The van der Waals surface area contributed by atoms with E-state index in [1.807, 2.05) is 61.5 Å². The zero-order valence-corrected chi connectivity index (χ0v) is 17.1. The van der Waals surface area contributed by atoms with Gasteiger partial charge >= 0.3 is 0 Å². The fourth-order valence-corrected chi connectivity index (χ4v) is 5.01. The molecule has 0 radical (unpaired) electrons. The Morgan fingerprint density at radius 3 is 2.17 bits per heavy atom. The Bertz CT molecular complexity index is 1210. The van der Waals surface area contributed by atoms with Crippen LogP contribution in [0.4, 0.5) is 0 Å². The largest absolute Gasteiger partial charge is 0.344 e. The van der Waals surface area contributed by atoms with Crippen LogP contribution >= 0.6 is 0 Å². The van der Waals surface area contributed by atoms with Crippen molar-refractivity contribution in [3.63, 3.8) is 0 Å². The summed E-state index contributed by atoms with van der Waals surface area (Å²) in [6.07, 6.45) is 0. The van der Waals surface area contributed by atoms with Gasteiger partial charge < -0.3 is 5.32 Å². The highest BCUT2D eigenvalue weighted by Crippen LogP contribution is 2.30. The number of aryl methyl sites for hydroxylation is 1. The molecule has 1 aliphatic rings. The molecule has 0 unspecified atom stereocenters. The van der Waals surface area contributed by atoms with Gasteiger partial charge in [-0.25, -0.2) is 12.7 Å². The molecule has 0 aliphatic carbocycles. The van der Waals surface area contributed by atoms with Gasteiger partial charge in [-0.15, -0.1) is 0 Å². The van der Waals surface area contributed by atoms with Crippen LogP contribution in [-0.2, 0) is 14.8 Å². The van der Waals surface area contributed by atoms with Gasteiger partial charge in [0.1, 0.15) is 11.4 Å². The van der Waals surface area contributed by atoms with Gasteiger partial charge in [-0.3, -0.25) is 9.59 Å². The monoisotopic (exact) mass is 420 g/mol. The molecule has 0 saturated carbocycles. The number of amides is 2. The van der Waals surface area contributed by atoms with E-state index in [4.69, 9.17) is 0 Å². The second-order valence-corrected chi connectivity index (χ2v) is 8.97. The van der Waals surface area contributed by atoms with E-state index in [0.29, 0.717) is 4.31 Å². The summed E-state index contributed by atoms with van der Waals surface area (Å²) < 4.78 is 26.1. The number of hydrogen-bond acceptors (Lipinski definition) is 4. The van der Waals surface area contributed by atoms with Gasteiger partial charge in [0.25, 0.3) is 15.9 Å². The van der Waals surface area contributed by atoms with E-state index >= 15 is 0 Å². The van der Waals surface area contributed by atoms with Gasteiger partial charge in [0, 0.05) is 0 Å². The van der Waals surface area contributed by atoms with E-state index in [9.17, 15) is 18.0 Å². The van der Waals surface area contributed by atoms with Crippen molar-refractivity contribution < 1.29 is 18.0 Å². The van der Waals surface area contributed by atoms with Crippen molar-refractivity contribution >= 4 is 21.8 Å². The van der Waals surface area contributed by atoms with Crippen LogP contribution in [0.15, 0.2) is 83.8 Å². The van der Waals surface area contributed by atoms with Crippen LogP contribution in [0.5, 0.6) is 0 Å². The van der Waals surface area contributed by atoms with Crippen molar-refractivity contribution in [2.45, 2.75) is 17.9 Å². The van der Waals surface area contributed by atoms with Crippen molar-refractivity contribution in [2.24, 2.45) is 0 Å². The molecule has 1 N–H and O–H groups in total. The molecular weight excluding hydrogens is 400 g/mol. The number of carbonyl (C=O) groups is 2. The lowest BCUT2D eigenvalue weighted by atomic mass is 9.98. The summed E-state index contributed by atoms with van der Waals surface area (Å²) in [5.41, 5.74) is 2.89. The van der Waals surface area contributed by atoms with E-state index in [-0.39, 0.29) is 10.5 Å². The summed E-state index contributed by atoms with van der Waals surface area (Å²) in [5, 5.41) is 2.88. The Labute approximate surface area is 175 Å². The average molecular weight is 420 g/mol. The SMILES string of the molecule is Cc1ccc([C@@H](NC(=O)CN2C(=O)c3ccccc3S2(=O)=O)c2ccccc2)cc1. The number of fused-ring (bicyclic) bond motifs is 1. The molecule has 3 aromatic rings. The molecule has 4 rings (SSSR count). The first-order valence-corrected chi connectivity index (χ1v) is 10.9. The number of benzene rings is 3. The van der Waals surface area contributed by atoms with E-state index in [1.165, 1.54) is 12.1 Å². The zero-order chi connectivity index (χ0) is 21.3. The van der Waals surface area contributed by atoms with Crippen molar-refractivity contribution in [2.75, 3.05) is 6.54 Å². The predicted molar refractivity (Wildman–Crippen MR) is 112 cm³/mol. The third kappa shape index (κ3) is 3.59. The first-order chi connectivity index (χ1) is 14.4. The minimum atomic E-state index is -4.04. The highest BCUT2D eigenvalue weighted by molar-refractivity contribution is 7.90. The normalized spacial score (nSPS) is 15.5. The van der Waals surface area contributed by atoms with Gasteiger partial charge in [0.05, 0.1) is 11.6 Å². The summed E-state index contributed by atoms with van der Waals surface area (Å²) in [7, 11) is -4.04. The molecule has 30 heavy (non-hydrogen) atoms. The van der Waals surface area contributed by atoms with Crippen LogP contribution in [0.25, 0.3) is 0 Å². The van der Waals surface area contributed by atoms with Crippen molar-refractivity contribution in [1.29, 1.82) is 0 Å². The van der Waals surface area contributed by atoms with Crippen molar-refractivity contribution in [3.8, 4) is 0 Å². The highest BCUT2D eigenvalue weighted by Gasteiger charge is 2.42. The molecule has 0 spiro atoms. The average Bonchev–Trinajstić information content (AvgIpc) is 2.94. The molecule has 1 aliphatic heterocycles. The predicted octanol–water partition coefficient (Wildman–Crippen LogP) is 3.05. The van der Waals surface area contributed by atoms with Gasteiger partial charge in [0.2, 0.25) is 5.91 Å². The van der Waals surface area contributed by atoms with Gasteiger partial charge in [0.15, 0.2) is 0 Å². The maximum absolute atomic E-state index is 12.8. The Hall–Kier alpha value is -3.45. The Morgan fingerprint density at radius 1 is 0.900 bits per heavy atom. The number of rotatable bonds is 5. The fraction of sp³-hybridized carbons (Fsp3) is 0.130. The van der Waals surface area contributed by atoms with E-state index in [1.54, 1.807) is 12.1 Å². The summed E-state index contributed by atoms with van der Waals surface area (Å²) in [6, 6.07) is 22.6. The van der Waals surface area contributed by atoms with Gasteiger partial charge in [-0.2, -0.15) is 0 Å². The Balaban J connectivity index is 1.60. The summed E-state index contributed by atoms with van der Waals surface area (Å²) in [4.78, 5) is 25.3. The second kappa shape index (κ2) is 7.76. The third-order valence-corrected chi connectivity index (χ3v) is 6.84. The molecule has 2 amide bonds. The van der Waals surface area contributed by atoms with Crippen LogP contribution in [0, 0.1) is 6.92 Å².